The normalized spacial score (nSPS) is 17.9. The van der Waals surface area contributed by atoms with Gasteiger partial charge >= 0.3 is 0 Å². The third-order valence-electron chi connectivity index (χ3n) is 4.08. The maximum absolute atomic E-state index is 11.9. The topological polar surface area (TPSA) is 74.9 Å². The summed E-state index contributed by atoms with van der Waals surface area (Å²) in [6, 6.07) is 1.43. The Hall–Kier alpha value is -1.37. The van der Waals surface area contributed by atoms with Gasteiger partial charge in [0, 0.05) is 37.4 Å². The van der Waals surface area contributed by atoms with Crippen molar-refractivity contribution in [1.82, 2.24) is 9.47 Å². The summed E-state index contributed by atoms with van der Waals surface area (Å²) in [4.78, 5) is 14.1. The zero-order valence-corrected chi connectivity index (χ0v) is 12.7. The fraction of sp³-hybridized carbons (Fsp3) is 0.667. The van der Waals surface area contributed by atoms with E-state index in [4.69, 9.17) is 4.74 Å². The highest BCUT2D eigenvalue weighted by Gasteiger charge is 2.21. The minimum Gasteiger partial charge on any atom is -0.503 e. The predicted octanol–water partition coefficient (Wildman–Crippen LogP) is 0.849. The molecule has 1 unspecified atom stereocenters. The third-order valence-corrected chi connectivity index (χ3v) is 4.08. The number of morpholine rings is 1. The predicted molar refractivity (Wildman–Crippen MR) is 79.4 cm³/mol. The van der Waals surface area contributed by atoms with Crippen LogP contribution in [0.2, 0.25) is 0 Å². The molecule has 0 saturated carbocycles. The van der Waals surface area contributed by atoms with Gasteiger partial charge in [-0.3, -0.25) is 9.69 Å². The molecule has 2 N–H and O–H groups in total. The number of aliphatic hydroxyl groups is 1. The van der Waals surface area contributed by atoms with E-state index in [2.05, 4.69) is 4.90 Å². The molecule has 2 rings (SSSR count). The monoisotopic (exact) mass is 296 g/mol. The van der Waals surface area contributed by atoms with Gasteiger partial charge in [0.2, 0.25) is 5.43 Å². The molecule has 0 bridgehead atoms. The van der Waals surface area contributed by atoms with Gasteiger partial charge in [0.25, 0.3) is 0 Å². The van der Waals surface area contributed by atoms with Crippen LogP contribution in [0.1, 0.15) is 37.7 Å². The van der Waals surface area contributed by atoms with E-state index in [9.17, 15) is 15.0 Å². The van der Waals surface area contributed by atoms with Crippen LogP contribution in [0.15, 0.2) is 10.9 Å². The molecule has 0 amide bonds. The lowest BCUT2D eigenvalue weighted by molar-refractivity contribution is 0.0324. The van der Waals surface area contributed by atoms with Crippen molar-refractivity contribution >= 4 is 0 Å². The molecule has 1 fully saturated rings. The molecular weight excluding hydrogens is 272 g/mol. The molecule has 0 spiro atoms. The third kappa shape index (κ3) is 3.45. The summed E-state index contributed by atoms with van der Waals surface area (Å²) in [6.45, 7) is 7.21. The first-order chi connectivity index (χ1) is 10.1. The van der Waals surface area contributed by atoms with Gasteiger partial charge in [-0.15, -0.1) is 0 Å². The highest BCUT2D eigenvalue weighted by molar-refractivity contribution is 5.30. The van der Waals surface area contributed by atoms with Gasteiger partial charge < -0.3 is 19.5 Å². The Labute approximate surface area is 124 Å². The van der Waals surface area contributed by atoms with Crippen LogP contribution in [0, 0.1) is 0 Å². The summed E-state index contributed by atoms with van der Waals surface area (Å²) in [7, 11) is 0. The Bertz CT molecular complexity index is 535. The smallest absolute Gasteiger partial charge is 0.223 e. The second-order valence-electron chi connectivity index (χ2n) is 5.47. The van der Waals surface area contributed by atoms with Gasteiger partial charge in [0.05, 0.1) is 25.5 Å². The molecule has 0 aliphatic carbocycles. The van der Waals surface area contributed by atoms with Crippen molar-refractivity contribution in [3.63, 3.8) is 0 Å². The number of ether oxygens (including phenoxy) is 1. The standard InChI is InChI=1S/C15H24N2O4/c1-3-11(2)17-12(10-18)8-14(19)15(20)13(17)9-16-4-6-21-7-5-16/h8,11,18,20H,3-7,9-10H2,1-2H3. The molecule has 118 valence electrons. The van der Waals surface area contributed by atoms with E-state index in [1.54, 1.807) is 0 Å². The maximum atomic E-state index is 11.9. The first-order valence-electron chi connectivity index (χ1n) is 7.45. The minimum atomic E-state index is -0.429. The fourth-order valence-corrected chi connectivity index (χ4v) is 2.69. The number of aromatic nitrogens is 1. The maximum Gasteiger partial charge on any atom is 0.223 e. The Morgan fingerprint density at radius 3 is 2.62 bits per heavy atom. The number of hydrogen-bond acceptors (Lipinski definition) is 5. The van der Waals surface area contributed by atoms with Crippen molar-refractivity contribution in [2.24, 2.45) is 0 Å². The van der Waals surface area contributed by atoms with E-state index in [1.165, 1.54) is 6.07 Å². The summed E-state index contributed by atoms with van der Waals surface area (Å²) >= 11 is 0. The average molecular weight is 296 g/mol. The van der Waals surface area contributed by atoms with Gasteiger partial charge in [-0.25, -0.2) is 0 Å². The highest BCUT2D eigenvalue weighted by Crippen LogP contribution is 2.24. The van der Waals surface area contributed by atoms with Crippen LogP contribution in [0.3, 0.4) is 0 Å². The number of aromatic hydroxyl groups is 1. The molecular formula is C15H24N2O4. The van der Waals surface area contributed by atoms with Crippen LogP contribution < -0.4 is 5.43 Å². The first-order valence-corrected chi connectivity index (χ1v) is 7.45. The van der Waals surface area contributed by atoms with Gasteiger partial charge in [-0.2, -0.15) is 0 Å². The van der Waals surface area contributed by atoms with E-state index in [0.29, 0.717) is 31.1 Å². The van der Waals surface area contributed by atoms with Gasteiger partial charge in [0.1, 0.15) is 0 Å². The molecule has 1 aromatic rings. The first kappa shape index (κ1) is 16.0. The largest absolute Gasteiger partial charge is 0.503 e. The van der Waals surface area contributed by atoms with Crippen LogP contribution in [-0.2, 0) is 17.9 Å². The molecule has 6 nitrogen and oxygen atoms in total. The lowest BCUT2D eigenvalue weighted by Crippen LogP contribution is -2.37. The van der Waals surface area contributed by atoms with Crippen molar-refractivity contribution in [1.29, 1.82) is 0 Å². The van der Waals surface area contributed by atoms with Gasteiger partial charge in [-0.05, 0) is 13.3 Å². The Morgan fingerprint density at radius 2 is 2.05 bits per heavy atom. The van der Waals surface area contributed by atoms with Crippen molar-refractivity contribution < 1.29 is 14.9 Å². The van der Waals surface area contributed by atoms with Crippen LogP contribution in [-0.4, -0.2) is 46.0 Å². The van der Waals surface area contributed by atoms with Crippen LogP contribution in [0.5, 0.6) is 5.75 Å². The Kier molecular flexibility index (Phi) is 5.39. The van der Waals surface area contributed by atoms with Gasteiger partial charge in [-0.1, -0.05) is 6.92 Å². The lowest BCUT2D eigenvalue weighted by Gasteiger charge is -2.30. The molecule has 2 heterocycles. The Balaban J connectivity index is 2.44. The minimum absolute atomic E-state index is 0.106. The number of nitrogens with zero attached hydrogens (tertiary/aromatic N) is 2. The van der Waals surface area contributed by atoms with E-state index < -0.39 is 5.43 Å². The molecule has 1 saturated heterocycles. The summed E-state index contributed by atoms with van der Waals surface area (Å²) in [6.07, 6.45) is 0.853. The summed E-state index contributed by atoms with van der Waals surface area (Å²) in [5.41, 5.74) is 0.708. The number of pyridine rings is 1. The van der Waals surface area contributed by atoms with Crippen molar-refractivity contribution in [2.45, 2.75) is 39.5 Å². The van der Waals surface area contributed by atoms with Crippen LogP contribution >= 0.6 is 0 Å². The zero-order valence-electron chi connectivity index (χ0n) is 12.7. The molecule has 1 aliphatic heterocycles. The van der Waals surface area contributed by atoms with E-state index in [-0.39, 0.29) is 18.4 Å². The van der Waals surface area contributed by atoms with Gasteiger partial charge in [0.15, 0.2) is 5.75 Å². The quantitative estimate of drug-likeness (QED) is 0.842. The van der Waals surface area contributed by atoms with Crippen molar-refractivity contribution in [3.8, 4) is 5.75 Å². The molecule has 1 aliphatic rings. The number of rotatable bonds is 5. The number of aliphatic hydroxyl groups excluding tert-OH is 1. The van der Waals surface area contributed by atoms with E-state index in [0.717, 1.165) is 19.5 Å². The fourth-order valence-electron chi connectivity index (χ4n) is 2.69. The lowest BCUT2D eigenvalue weighted by atomic mass is 10.1. The van der Waals surface area contributed by atoms with E-state index in [1.807, 2.05) is 18.4 Å². The summed E-state index contributed by atoms with van der Waals surface area (Å²) in [5, 5.41) is 19.7. The molecule has 0 aromatic carbocycles. The second kappa shape index (κ2) is 7.06. The van der Waals surface area contributed by atoms with Crippen LogP contribution in [0.4, 0.5) is 0 Å². The molecule has 0 radical (unpaired) electrons. The molecule has 6 heteroatoms. The molecule has 1 atom stereocenters. The second-order valence-corrected chi connectivity index (χ2v) is 5.47. The summed E-state index contributed by atoms with van der Waals surface area (Å²) < 4.78 is 7.22. The zero-order chi connectivity index (χ0) is 15.4. The Morgan fingerprint density at radius 1 is 1.38 bits per heavy atom. The SMILES string of the molecule is CCC(C)n1c(CO)cc(=O)c(O)c1CN1CCOCC1. The van der Waals surface area contributed by atoms with Crippen LogP contribution in [0.25, 0.3) is 0 Å². The van der Waals surface area contributed by atoms with Crippen molar-refractivity contribution in [3.05, 3.63) is 27.7 Å². The number of hydrogen-bond donors (Lipinski definition) is 2. The van der Waals surface area contributed by atoms with Crippen molar-refractivity contribution in [2.75, 3.05) is 26.3 Å². The molecule has 21 heavy (non-hydrogen) atoms. The average Bonchev–Trinajstić information content (AvgIpc) is 2.51. The highest BCUT2D eigenvalue weighted by atomic mass is 16.5. The van der Waals surface area contributed by atoms with E-state index >= 15 is 0 Å². The molecule has 1 aromatic heterocycles. The summed E-state index contributed by atoms with van der Waals surface area (Å²) in [5.74, 6) is -0.209.